The molecule has 0 aromatic carbocycles. The molecule has 1 rings (SSSR count). The third-order valence-electron chi connectivity index (χ3n) is 1.67. The average molecular weight is 175 g/mol. The molecule has 0 radical (unpaired) electrons. The van der Waals surface area contributed by atoms with Gasteiger partial charge in [-0.25, -0.2) is 4.79 Å². The number of hydrogen-bond acceptors (Lipinski definition) is 3. The SMILES string of the molecule is COC(=O)NC1CCCSC1. The molecule has 0 aliphatic carbocycles. The van der Waals surface area contributed by atoms with Crippen molar-refractivity contribution >= 4 is 17.9 Å². The van der Waals surface area contributed by atoms with Crippen molar-refractivity contribution in [2.24, 2.45) is 0 Å². The highest BCUT2D eigenvalue weighted by atomic mass is 32.2. The third-order valence-corrected chi connectivity index (χ3v) is 2.88. The van der Waals surface area contributed by atoms with E-state index in [4.69, 9.17) is 0 Å². The summed E-state index contributed by atoms with van der Waals surface area (Å²) in [6, 6.07) is 0.321. The minimum Gasteiger partial charge on any atom is -0.453 e. The van der Waals surface area contributed by atoms with Crippen LogP contribution in [-0.4, -0.2) is 30.8 Å². The Morgan fingerprint density at radius 2 is 2.55 bits per heavy atom. The Hall–Kier alpha value is -0.380. The molecule has 3 nitrogen and oxygen atoms in total. The van der Waals surface area contributed by atoms with Crippen LogP contribution in [0.5, 0.6) is 0 Å². The number of thioether (sulfide) groups is 1. The summed E-state index contributed by atoms with van der Waals surface area (Å²) in [6.45, 7) is 0. The molecular weight excluding hydrogens is 162 g/mol. The maximum atomic E-state index is 10.7. The highest BCUT2D eigenvalue weighted by molar-refractivity contribution is 7.99. The largest absolute Gasteiger partial charge is 0.453 e. The molecule has 11 heavy (non-hydrogen) atoms. The lowest BCUT2D eigenvalue weighted by Gasteiger charge is -2.21. The summed E-state index contributed by atoms with van der Waals surface area (Å²) >= 11 is 1.89. The summed E-state index contributed by atoms with van der Waals surface area (Å²) in [6.07, 6.45) is 1.97. The van der Waals surface area contributed by atoms with Crippen LogP contribution in [0.25, 0.3) is 0 Å². The topological polar surface area (TPSA) is 38.3 Å². The number of carbonyl (C=O) groups excluding carboxylic acids is 1. The number of methoxy groups -OCH3 is 1. The zero-order valence-corrected chi connectivity index (χ0v) is 7.45. The number of alkyl carbamates (subject to hydrolysis) is 1. The first-order valence-corrected chi connectivity index (χ1v) is 4.90. The predicted molar refractivity (Wildman–Crippen MR) is 45.9 cm³/mol. The van der Waals surface area contributed by atoms with Crippen molar-refractivity contribution in [1.29, 1.82) is 0 Å². The lowest BCUT2D eigenvalue weighted by Crippen LogP contribution is -2.38. The molecule has 0 aromatic rings. The fraction of sp³-hybridized carbons (Fsp3) is 0.857. The Balaban J connectivity index is 2.19. The van der Waals surface area contributed by atoms with Crippen molar-refractivity contribution in [2.45, 2.75) is 18.9 Å². The molecule has 0 bridgehead atoms. The van der Waals surface area contributed by atoms with Crippen molar-refractivity contribution < 1.29 is 9.53 Å². The highest BCUT2D eigenvalue weighted by Crippen LogP contribution is 2.16. The molecule has 0 aromatic heterocycles. The summed E-state index contributed by atoms with van der Waals surface area (Å²) in [5.74, 6) is 2.24. The molecule has 1 heterocycles. The number of nitrogens with one attached hydrogen (secondary N) is 1. The molecule has 1 unspecified atom stereocenters. The van der Waals surface area contributed by atoms with Gasteiger partial charge >= 0.3 is 6.09 Å². The first-order chi connectivity index (χ1) is 5.33. The van der Waals surface area contributed by atoms with Crippen molar-refractivity contribution in [2.75, 3.05) is 18.6 Å². The molecule has 1 amide bonds. The molecule has 1 aliphatic heterocycles. The molecule has 1 fully saturated rings. The maximum absolute atomic E-state index is 10.7. The standard InChI is InChI=1S/C7H13NO2S/c1-10-7(9)8-6-3-2-4-11-5-6/h6H,2-5H2,1H3,(H,8,9). The highest BCUT2D eigenvalue weighted by Gasteiger charge is 2.15. The van der Waals surface area contributed by atoms with E-state index in [-0.39, 0.29) is 6.09 Å². The number of hydrogen-bond donors (Lipinski definition) is 1. The zero-order valence-electron chi connectivity index (χ0n) is 6.63. The van der Waals surface area contributed by atoms with Crippen LogP contribution in [0, 0.1) is 0 Å². The summed E-state index contributed by atoms with van der Waals surface area (Å²) in [4.78, 5) is 10.7. The number of ether oxygens (including phenoxy) is 1. The van der Waals surface area contributed by atoms with E-state index in [1.54, 1.807) is 0 Å². The molecule has 1 saturated heterocycles. The first-order valence-electron chi connectivity index (χ1n) is 3.75. The maximum Gasteiger partial charge on any atom is 0.407 e. The van der Waals surface area contributed by atoms with E-state index >= 15 is 0 Å². The summed E-state index contributed by atoms with van der Waals surface area (Å²) in [5.41, 5.74) is 0. The Labute approximate surface area is 70.9 Å². The Morgan fingerprint density at radius 3 is 3.09 bits per heavy atom. The van der Waals surface area contributed by atoms with Gasteiger partial charge < -0.3 is 10.1 Å². The minimum atomic E-state index is -0.308. The Bertz CT molecular complexity index is 134. The molecule has 1 N–H and O–H groups in total. The van der Waals surface area contributed by atoms with Crippen LogP contribution in [0.3, 0.4) is 0 Å². The van der Waals surface area contributed by atoms with E-state index in [0.717, 1.165) is 12.2 Å². The van der Waals surface area contributed by atoms with E-state index in [0.29, 0.717) is 6.04 Å². The van der Waals surface area contributed by atoms with Gasteiger partial charge in [0.1, 0.15) is 0 Å². The number of rotatable bonds is 1. The number of carbonyl (C=O) groups is 1. The van der Waals surface area contributed by atoms with Crippen LogP contribution in [0.2, 0.25) is 0 Å². The minimum absolute atomic E-state index is 0.308. The smallest absolute Gasteiger partial charge is 0.407 e. The van der Waals surface area contributed by atoms with E-state index in [9.17, 15) is 4.79 Å². The molecule has 1 aliphatic rings. The second-order valence-corrected chi connectivity index (χ2v) is 3.70. The van der Waals surface area contributed by atoms with E-state index in [1.807, 2.05) is 11.8 Å². The van der Waals surface area contributed by atoms with Gasteiger partial charge in [0, 0.05) is 11.8 Å². The van der Waals surface area contributed by atoms with Gasteiger partial charge in [-0.2, -0.15) is 11.8 Å². The average Bonchev–Trinajstić information content (AvgIpc) is 2.06. The fourth-order valence-electron chi connectivity index (χ4n) is 1.08. The second kappa shape index (κ2) is 4.49. The summed E-state index contributed by atoms with van der Waals surface area (Å²) < 4.78 is 4.49. The van der Waals surface area contributed by atoms with Crippen LogP contribution in [0.1, 0.15) is 12.8 Å². The number of amides is 1. The Morgan fingerprint density at radius 1 is 1.73 bits per heavy atom. The second-order valence-electron chi connectivity index (χ2n) is 2.55. The Kier molecular flexibility index (Phi) is 3.56. The van der Waals surface area contributed by atoms with Gasteiger partial charge in [-0.3, -0.25) is 0 Å². The van der Waals surface area contributed by atoms with Gasteiger partial charge in [-0.05, 0) is 18.6 Å². The fourth-order valence-corrected chi connectivity index (χ4v) is 2.15. The van der Waals surface area contributed by atoms with Crippen molar-refractivity contribution in [3.8, 4) is 0 Å². The van der Waals surface area contributed by atoms with Crippen LogP contribution in [0.4, 0.5) is 4.79 Å². The summed E-state index contributed by atoms with van der Waals surface area (Å²) in [5, 5.41) is 2.79. The lowest BCUT2D eigenvalue weighted by molar-refractivity contribution is 0.167. The lowest BCUT2D eigenvalue weighted by atomic mass is 10.2. The molecular formula is C7H13NO2S. The van der Waals surface area contributed by atoms with Gasteiger partial charge in [0.25, 0.3) is 0 Å². The van der Waals surface area contributed by atoms with Crippen LogP contribution >= 0.6 is 11.8 Å². The zero-order chi connectivity index (χ0) is 8.10. The molecule has 64 valence electrons. The monoisotopic (exact) mass is 175 g/mol. The van der Waals surface area contributed by atoms with Crippen molar-refractivity contribution in [1.82, 2.24) is 5.32 Å². The third kappa shape index (κ3) is 3.01. The quantitative estimate of drug-likeness (QED) is 0.651. The van der Waals surface area contributed by atoms with Gasteiger partial charge in [-0.1, -0.05) is 0 Å². The normalized spacial score (nSPS) is 24.3. The molecule has 4 heteroatoms. The molecule has 0 saturated carbocycles. The van der Waals surface area contributed by atoms with Gasteiger partial charge in [0.15, 0.2) is 0 Å². The summed E-state index contributed by atoms with van der Waals surface area (Å²) in [7, 11) is 1.39. The van der Waals surface area contributed by atoms with Gasteiger partial charge in [0.05, 0.1) is 7.11 Å². The first kappa shape index (κ1) is 8.71. The molecule has 0 spiro atoms. The van der Waals surface area contributed by atoms with Gasteiger partial charge in [-0.15, -0.1) is 0 Å². The van der Waals surface area contributed by atoms with Crippen LogP contribution in [-0.2, 0) is 4.74 Å². The van der Waals surface area contributed by atoms with Crippen molar-refractivity contribution in [3.05, 3.63) is 0 Å². The van der Waals surface area contributed by atoms with Crippen LogP contribution in [0.15, 0.2) is 0 Å². The van der Waals surface area contributed by atoms with Crippen LogP contribution < -0.4 is 5.32 Å². The van der Waals surface area contributed by atoms with E-state index in [1.165, 1.54) is 19.3 Å². The van der Waals surface area contributed by atoms with Crippen molar-refractivity contribution in [3.63, 3.8) is 0 Å². The predicted octanol–water partition coefficient (Wildman–Crippen LogP) is 1.24. The van der Waals surface area contributed by atoms with E-state index < -0.39 is 0 Å². The van der Waals surface area contributed by atoms with E-state index in [2.05, 4.69) is 10.1 Å². The van der Waals surface area contributed by atoms with Gasteiger partial charge in [0.2, 0.25) is 0 Å². The molecule has 1 atom stereocenters.